The van der Waals surface area contributed by atoms with Gasteiger partial charge in [-0.25, -0.2) is 8.42 Å². The Morgan fingerprint density at radius 3 is 2.58 bits per heavy atom. The fourth-order valence-corrected chi connectivity index (χ4v) is 4.07. The van der Waals surface area contributed by atoms with Gasteiger partial charge in [0.05, 0.1) is 24.7 Å². The normalized spacial score (nSPS) is 17.6. The highest BCUT2D eigenvalue weighted by Crippen LogP contribution is 2.27. The van der Waals surface area contributed by atoms with E-state index < -0.39 is 10.0 Å². The van der Waals surface area contributed by atoms with Gasteiger partial charge < -0.3 is 9.84 Å². The van der Waals surface area contributed by atoms with E-state index in [1.165, 1.54) is 10.4 Å². The first-order valence-corrected chi connectivity index (χ1v) is 7.76. The van der Waals surface area contributed by atoms with Gasteiger partial charge in [0.25, 0.3) is 0 Å². The molecule has 0 spiro atoms. The summed E-state index contributed by atoms with van der Waals surface area (Å²) >= 11 is 5.93. The fraction of sp³-hybridized carbons (Fsp3) is 0.500. The van der Waals surface area contributed by atoms with Gasteiger partial charge in [-0.15, -0.1) is 0 Å². The van der Waals surface area contributed by atoms with E-state index in [9.17, 15) is 13.5 Å². The summed E-state index contributed by atoms with van der Waals surface area (Å²) in [5, 5.41) is 9.56. The van der Waals surface area contributed by atoms with E-state index in [0.717, 1.165) is 0 Å². The molecule has 2 rings (SSSR count). The van der Waals surface area contributed by atoms with Crippen molar-refractivity contribution < 1.29 is 18.3 Å². The molecule has 1 N–H and O–H groups in total. The predicted octanol–water partition coefficient (Wildman–Crippen LogP) is 1.16. The van der Waals surface area contributed by atoms with Crippen molar-refractivity contribution >= 4 is 21.6 Å². The SMILES string of the molecule is Cc1c(CO)cc(Cl)cc1S(=O)(=O)N1CCOCC1. The van der Waals surface area contributed by atoms with Gasteiger partial charge in [0.1, 0.15) is 0 Å². The number of sulfonamides is 1. The topological polar surface area (TPSA) is 66.8 Å². The van der Waals surface area contributed by atoms with E-state index in [2.05, 4.69) is 0 Å². The zero-order valence-electron chi connectivity index (χ0n) is 10.6. The van der Waals surface area contributed by atoms with Gasteiger partial charge in [0, 0.05) is 18.1 Å². The van der Waals surface area contributed by atoms with Crippen LogP contribution in [0.3, 0.4) is 0 Å². The summed E-state index contributed by atoms with van der Waals surface area (Å²) < 4.78 is 31.7. The van der Waals surface area contributed by atoms with Crippen LogP contribution >= 0.6 is 11.6 Å². The number of aliphatic hydroxyl groups excluding tert-OH is 1. The lowest BCUT2D eigenvalue weighted by Crippen LogP contribution is -2.40. The van der Waals surface area contributed by atoms with Crippen LogP contribution in [0.2, 0.25) is 5.02 Å². The van der Waals surface area contributed by atoms with Crippen LogP contribution in [-0.2, 0) is 21.4 Å². The molecule has 5 nitrogen and oxygen atoms in total. The van der Waals surface area contributed by atoms with Crippen LogP contribution in [0.4, 0.5) is 0 Å². The first kappa shape index (κ1) is 14.7. The summed E-state index contributed by atoms with van der Waals surface area (Å²) in [6.07, 6.45) is 0. The van der Waals surface area contributed by atoms with Crippen LogP contribution in [0.15, 0.2) is 17.0 Å². The van der Waals surface area contributed by atoms with Gasteiger partial charge in [-0.3, -0.25) is 0 Å². The van der Waals surface area contributed by atoms with Crippen LogP contribution in [-0.4, -0.2) is 44.1 Å². The highest BCUT2D eigenvalue weighted by atomic mass is 35.5. The van der Waals surface area contributed by atoms with Crippen molar-refractivity contribution in [1.29, 1.82) is 0 Å². The van der Waals surface area contributed by atoms with Crippen molar-refractivity contribution in [3.8, 4) is 0 Å². The van der Waals surface area contributed by atoms with Gasteiger partial charge in [-0.05, 0) is 30.2 Å². The molecule has 0 aliphatic carbocycles. The predicted molar refractivity (Wildman–Crippen MR) is 71.7 cm³/mol. The molecule has 1 aliphatic heterocycles. The minimum Gasteiger partial charge on any atom is -0.392 e. The van der Waals surface area contributed by atoms with Crippen LogP contribution in [0.5, 0.6) is 0 Å². The van der Waals surface area contributed by atoms with Gasteiger partial charge in [-0.2, -0.15) is 4.31 Å². The molecule has 7 heteroatoms. The Balaban J connectivity index is 2.47. The van der Waals surface area contributed by atoms with Gasteiger partial charge in [0.15, 0.2) is 0 Å². The maximum absolute atomic E-state index is 12.6. The van der Waals surface area contributed by atoms with Crippen molar-refractivity contribution in [3.63, 3.8) is 0 Å². The molecule has 0 saturated carbocycles. The number of hydrogen-bond acceptors (Lipinski definition) is 4. The Hall–Kier alpha value is -0.660. The lowest BCUT2D eigenvalue weighted by Gasteiger charge is -2.27. The summed E-state index contributed by atoms with van der Waals surface area (Å²) in [7, 11) is -3.59. The molecule has 106 valence electrons. The van der Waals surface area contributed by atoms with E-state index in [4.69, 9.17) is 16.3 Å². The number of hydrogen-bond donors (Lipinski definition) is 1. The van der Waals surface area contributed by atoms with Crippen molar-refractivity contribution in [2.45, 2.75) is 18.4 Å². The van der Waals surface area contributed by atoms with Crippen molar-refractivity contribution in [1.82, 2.24) is 4.31 Å². The van der Waals surface area contributed by atoms with Crippen molar-refractivity contribution in [3.05, 3.63) is 28.3 Å². The minimum absolute atomic E-state index is 0.158. The molecule has 1 aliphatic rings. The minimum atomic E-state index is -3.59. The number of benzene rings is 1. The standard InChI is InChI=1S/C12H16ClNO4S/c1-9-10(8-15)6-11(13)7-12(9)19(16,17)14-2-4-18-5-3-14/h6-7,15H,2-5,8H2,1H3. The van der Waals surface area contributed by atoms with E-state index in [1.54, 1.807) is 13.0 Å². The monoisotopic (exact) mass is 305 g/mol. The van der Waals surface area contributed by atoms with E-state index in [-0.39, 0.29) is 11.5 Å². The molecule has 19 heavy (non-hydrogen) atoms. The van der Waals surface area contributed by atoms with Crippen molar-refractivity contribution in [2.75, 3.05) is 26.3 Å². The van der Waals surface area contributed by atoms with Crippen LogP contribution < -0.4 is 0 Å². The highest BCUT2D eigenvalue weighted by molar-refractivity contribution is 7.89. The number of nitrogens with zero attached hydrogens (tertiary/aromatic N) is 1. The molecule has 0 amide bonds. The van der Waals surface area contributed by atoms with Gasteiger partial charge in [-0.1, -0.05) is 11.6 Å². The molecule has 1 aromatic rings. The summed E-state index contributed by atoms with van der Waals surface area (Å²) in [5.41, 5.74) is 1.07. The van der Waals surface area contributed by atoms with Crippen LogP contribution in [0.25, 0.3) is 0 Å². The molecule has 0 unspecified atom stereocenters. The number of halogens is 1. The lowest BCUT2D eigenvalue weighted by molar-refractivity contribution is 0.0730. The second-order valence-corrected chi connectivity index (χ2v) is 6.71. The highest BCUT2D eigenvalue weighted by Gasteiger charge is 2.28. The lowest BCUT2D eigenvalue weighted by atomic mass is 10.1. The Bertz CT molecular complexity index is 567. The summed E-state index contributed by atoms with van der Waals surface area (Å²) in [6.45, 7) is 2.90. The molecule has 0 bridgehead atoms. The van der Waals surface area contributed by atoms with E-state index in [0.29, 0.717) is 42.5 Å². The molecule has 1 fully saturated rings. The van der Waals surface area contributed by atoms with Crippen LogP contribution in [0.1, 0.15) is 11.1 Å². The summed E-state index contributed by atoms with van der Waals surface area (Å²) in [6, 6.07) is 3.01. The zero-order chi connectivity index (χ0) is 14.0. The zero-order valence-corrected chi connectivity index (χ0v) is 12.2. The largest absolute Gasteiger partial charge is 0.392 e. The first-order valence-electron chi connectivity index (χ1n) is 5.94. The fourth-order valence-electron chi connectivity index (χ4n) is 2.07. The average Bonchev–Trinajstić information content (AvgIpc) is 2.41. The molecular weight excluding hydrogens is 290 g/mol. The van der Waals surface area contributed by atoms with E-state index in [1.807, 2.05) is 0 Å². The molecule has 0 radical (unpaired) electrons. The summed E-state index contributed by atoms with van der Waals surface area (Å²) in [5.74, 6) is 0. The molecule has 1 heterocycles. The number of morpholine rings is 1. The maximum atomic E-state index is 12.6. The Labute approximate surface area is 117 Å². The average molecular weight is 306 g/mol. The second-order valence-electron chi connectivity index (χ2n) is 4.36. The Morgan fingerprint density at radius 1 is 1.37 bits per heavy atom. The third-order valence-corrected chi connectivity index (χ3v) is 5.43. The Morgan fingerprint density at radius 2 is 2.00 bits per heavy atom. The molecule has 0 atom stereocenters. The number of aliphatic hydroxyl groups is 1. The third-order valence-electron chi connectivity index (χ3n) is 3.19. The number of ether oxygens (including phenoxy) is 1. The molecular formula is C12H16ClNO4S. The van der Waals surface area contributed by atoms with Gasteiger partial charge >= 0.3 is 0 Å². The smallest absolute Gasteiger partial charge is 0.243 e. The maximum Gasteiger partial charge on any atom is 0.243 e. The van der Waals surface area contributed by atoms with Gasteiger partial charge in [0.2, 0.25) is 10.0 Å². The molecule has 0 aromatic heterocycles. The van der Waals surface area contributed by atoms with Crippen LogP contribution in [0, 0.1) is 6.92 Å². The Kier molecular flexibility index (Phi) is 4.47. The van der Waals surface area contributed by atoms with E-state index >= 15 is 0 Å². The quantitative estimate of drug-likeness (QED) is 0.910. The van der Waals surface area contributed by atoms with Crippen molar-refractivity contribution in [2.24, 2.45) is 0 Å². The molecule has 1 saturated heterocycles. The molecule has 1 aromatic carbocycles. The number of rotatable bonds is 3. The second kappa shape index (κ2) is 5.76. The first-order chi connectivity index (χ1) is 8.96. The summed E-state index contributed by atoms with van der Waals surface area (Å²) in [4.78, 5) is 0.158. The third kappa shape index (κ3) is 2.93.